The number of nitrogens with one attached hydrogen (secondary N) is 7. The molecule has 22 nitrogen and oxygen atoms in total. The van der Waals surface area contributed by atoms with Crippen LogP contribution >= 0.6 is 0 Å². The fourth-order valence-corrected chi connectivity index (χ4v) is 6.36. The normalized spacial score (nSPS) is 14.5. The van der Waals surface area contributed by atoms with Gasteiger partial charge >= 0.3 is 0 Å². The van der Waals surface area contributed by atoms with Crippen molar-refractivity contribution in [2.75, 3.05) is 6.54 Å². The number of primary amides is 1. The Morgan fingerprint density at radius 2 is 1.19 bits per heavy atom. The van der Waals surface area contributed by atoms with E-state index < -0.39 is 90.1 Å². The first-order chi connectivity index (χ1) is 30.1. The average molecular weight is 898 g/mol. The van der Waals surface area contributed by atoms with Gasteiger partial charge in [-0.15, -0.1) is 0 Å². The molecule has 0 aliphatic carbocycles. The van der Waals surface area contributed by atoms with E-state index in [0.717, 1.165) is 0 Å². The maximum Gasteiger partial charge on any atom is 0.243 e. The number of hydrogen-bond acceptors (Lipinski definition) is 12. The highest BCUT2D eigenvalue weighted by molar-refractivity contribution is 5.98. The van der Waals surface area contributed by atoms with Crippen LogP contribution in [0.3, 0.4) is 0 Å². The zero-order valence-corrected chi connectivity index (χ0v) is 37.4. The third-order valence-electron chi connectivity index (χ3n) is 9.82. The van der Waals surface area contributed by atoms with E-state index in [0.29, 0.717) is 24.0 Å². The molecule has 0 radical (unpaired) electrons. The highest BCUT2D eigenvalue weighted by atomic mass is 16.3. The van der Waals surface area contributed by atoms with Crippen LogP contribution < -0.4 is 54.8 Å². The molecular weight excluding hydrogens is 831 g/mol. The topological polar surface area (TPSA) is 374 Å². The van der Waals surface area contributed by atoms with Crippen molar-refractivity contribution in [1.29, 1.82) is 0 Å². The van der Waals surface area contributed by atoms with Crippen molar-refractivity contribution in [2.45, 2.75) is 129 Å². The molecule has 16 N–H and O–H groups in total. The molecule has 0 saturated heterocycles. The third kappa shape index (κ3) is 19.6. The Morgan fingerprint density at radius 3 is 1.67 bits per heavy atom. The number of benzene rings is 1. The van der Waals surface area contributed by atoms with Crippen LogP contribution in [0.2, 0.25) is 0 Å². The van der Waals surface area contributed by atoms with Gasteiger partial charge in [0.2, 0.25) is 41.4 Å². The van der Waals surface area contributed by atoms with Crippen LogP contribution in [0.15, 0.2) is 41.8 Å². The molecule has 0 aliphatic heterocycles. The number of amides is 7. The number of carbonyl (C=O) groups is 8. The fourth-order valence-electron chi connectivity index (χ4n) is 6.36. The van der Waals surface area contributed by atoms with Gasteiger partial charge in [-0.25, -0.2) is 4.98 Å². The van der Waals surface area contributed by atoms with Gasteiger partial charge < -0.3 is 69.7 Å². The van der Waals surface area contributed by atoms with Gasteiger partial charge in [-0.3, -0.25) is 38.6 Å². The van der Waals surface area contributed by atoms with E-state index in [1.807, 2.05) is 13.8 Å². The van der Waals surface area contributed by atoms with Crippen LogP contribution in [-0.2, 0) is 51.2 Å². The summed E-state index contributed by atoms with van der Waals surface area (Å²) in [5, 5.41) is 25.6. The van der Waals surface area contributed by atoms with E-state index in [-0.39, 0.29) is 68.1 Å². The molecule has 0 fully saturated rings. The monoisotopic (exact) mass is 898 g/mol. The first-order valence-corrected chi connectivity index (χ1v) is 21.2. The summed E-state index contributed by atoms with van der Waals surface area (Å²) in [5.74, 6) is -6.37. The van der Waals surface area contributed by atoms with Crippen LogP contribution in [0.25, 0.3) is 0 Å². The largest absolute Gasteiger partial charge is 0.508 e. The maximum atomic E-state index is 14.3. The average Bonchev–Trinajstić information content (AvgIpc) is 3.73. The van der Waals surface area contributed by atoms with Crippen molar-refractivity contribution in [3.8, 4) is 5.75 Å². The Labute approximate surface area is 373 Å². The molecule has 1 aromatic carbocycles. The number of phenols is 1. The number of guanidine groups is 1. The van der Waals surface area contributed by atoms with Gasteiger partial charge in [-0.1, -0.05) is 53.7 Å². The Bertz CT molecular complexity index is 1880. The number of imidazole rings is 1. The molecule has 0 bridgehead atoms. The number of H-pyrrole nitrogens is 1. The van der Waals surface area contributed by atoms with Gasteiger partial charge in [-0.05, 0) is 61.1 Å². The van der Waals surface area contributed by atoms with E-state index in [9.17, 15) is 43.5 Å². The summed E-state index contributed by atoms with van der Waals surface area (Å²) in [5.41, 5.74) is 23.3. The number of aliphatic imine (C=N–C) groups is 1. The fraction of sp³-hybridized carbons (Fsp3) is 0.571. The second-order valence-electron chi connectivity index (χ2n) is 16.9. The van der Waals surface area contributed by atoms with E-state index >= 15 is 0 Å². The lowest BCUT2D eigenvalue weighted by Gasteiger charge is -2.28. The van der Waals surface area contributed by atoms with Gasteiger partial charge in [0.1, 0.15) is 42.2 Å². The molecule has 22 heteroatoms. The first kappa shape index (κ1) is 53.6. The standard InChI is InChI=1S/C42H67N13O9/c1-22(2)14-29(37(60)54-33(18-35(44)58)41(64)52-30(15-23(3)4)38(61)55-34(20-56)24(5)6)51-39(62)31(16-25-9-11-27(57)12-10-25)53-40(63)32(17-26-19-47-21-49-26)50-36(59)28(43)8-7-13-48-42(45)46/h9-12,19-24,28-34,57H,7-8,13-18,43H2,1-6H3,(H2,44,58)(H,47,49)(H,50,59)(H,51,62)(H,52,64)(H,53,63)(H,54,60)(H,55,61)(H4,45,46,48)/t28-,29-,30-,31-,32-,33-,34+/m0/s1. The van der Waals surface area contributed by atoms with Gasteiger partial charge in [0.15, 0.2) is 5.96 Å². The Kier molecular flexibility index (Phi) is 22.4. The third-order valence-corrected chi connectivity index (χ3v) is 9.82. The van der Waals surface area contributed by atoms with E-state index in [1.54, 1.807) is 27.7 Å². The van der Waals surface area contributed by atoms with Gasteiger partial charge in [0, 0.05) is 31.3 Å². The highest BCUT2D eigenvalue weighted by Crippen LogP contribution is 2.14. The van der Waals surface area contributed by atoms with Crippen molar-refractivity contribution in [3.05, 3.63) is 48.0 Å². The summed E-state index contributed by atoms with van der Waals surface area (Å²) in [7, 11) is 0. The maximum absolute atomic E-state index is 14.3. The lowest BCUT2D eigenvalue weighted by molar-refractivity contribution is -0.136. The molecule has 0 unspecified atom stereocenters. The van der Waals surface area contributed by atoms with Crippen molar-refractivity contribution in [1.82, 2.24) is 41.9 Å². The Balaban J connectivity index is 2.42. The zero-order chi connectivity index (χ0) is 48.1. The van der Waals surface area contributed by atoms with Gasteiger partial charge in [0.25, 0.3) is 0 Å². The summed E-state index contributed by atoms with van der Waals surface area (Å²) in [6, 6.07) is -2.74. The SMILES string of the molecule is CC(C)C[C@H](NC(=O)[C@H](Cc1ccc(O)cc1)NC(=O)[C@H](Cc1cnc[nH]1)NC(=O)[C@@H](N)CCCN=C(N)N)C(=O)N[C@@H](CC(N)=O)C(=O)N[C@@H](CC(C)C)C(=O)N[C@H](C=O)C(C)C. The summed E-state index contributed by atoms with van der Waals surface area (Å²) in [6.07, 6.45) is 3.28. The second-order valence-corrected chi connectivity index (χ2v) is 16.9. The van der Waals surface area contributed by atoms with E-state index in [1.165, 1.54) is 36.8 Å². The second kappa shape index (κ2) is 26.8. The summed E-state index contributed by atoms with van der Waals surface area (Å²) >= 11 is 0. The molecule has 354 valence electrons. The number of carbonyl (C=O) groups excluding carboxylic acids is 8. The van der Waals surface area contributed by atoms with Crippen LogP contribution in [-0.4, -0.2) is 118 Å². The Hall–Kier alpha value is -6.58. The molecule has 2 rings (SSSR count). The summed E-state index contributed by atoms with van der Waals surface area (Å²) in [4.78, 5) is 117. The lowest BCUT2D eigenvalue weighted by atomic mass is 9.99. The summed E-state index contributed by atoms with van der Waals surface area (Å²) < 4.78 is 0. The minimum atomic E-state index is -1.58. The number of aromatic amines is 1. The van der Waals surface area contributed by atoms with Crippen LogP contribution in [0.1, 0.15) is 84.9 Å². The van der Waals surface area contributed by atoms with Gasteiger partial charge in [-0.2, -0.15) is 0 Å². The molecule has 0 aliphatic rings. The molecule has 2 aromatic rings. The summed E-state index contributed by atoms with van der Waals surface area (Å²) in [6.45, 7) is 10.9. The van der Waals surface area contributed by atoms with Crippen LogP contribution in [0.4, 0.5) is 0 Å². The van der Waals surface area contributed by atoms with Crippen LogP contribution in [0.5, 0.6) is 5.75 Å². The van der Waals surface area contributed by atoms with Crippen molar-refractivity contribution < 1.29 is 43.5 Å². The molecule has 1 heterocycles. The van der Waals surface area contributed by atoms with E-state index in [4.69, 9.17) is 22.9 Å². The quantitative estimate of drug-likeness (QED) is 0.0191. The minimum absolute atomic E-state index is 0.0304. The molecule has 64 heavy (non-hydrogen) atoms. The number of hydrogen-bond donors (Lipinski definition) is 12. The number of rotatable bonds is 28. The van der Waals surface area contributed by atoms with Crippen molar-refractivity contribution in [3.63, 3.8) is 0 Å². The van der Waals surface area contributed by atoms with Crippen molar-refractivity contribution >= 4 is 53.6 Å². The smallest absolute Gasteiger partial charge is 0.243 e. The molecule has 0 saturated carbocycles. The van der Waals surface area contributed by atoms with Crippen molar-refractivity contribution in [2.24, 2.45) is 45.7 Å². The minimum Gasteiger partial charge on any atom is -0.508 e. The highest BCUT2D eigenvalue weighted by Gasteiger charge is 2.35. The van der Waals surface area contributed by atoms with E-state index in [2.05, 4.69) is 46.9 Å². The number of nitrogens with two attached hydrogens (primary N) is 4. The molecule has 7 atom stereocenters. The number of nitrogens with zero attached hydrogens (tertiary/aromatic N) is 2. The first-order valence-electron chi connectivity index (χ1n) is 21.2. The predicted molar refractivity (Wildman–Crippen MR) is 237 cm³/mol. The number of aldehydes is 1. The molecule has 0 spiro atoms. The van der Waals surface area contributed by atoms with Crippen LogP contribution in [0, 0.1) is 17.8 Å². The number of phenolic OH excluding ortho intramolecular Hbond substituents is 1. The molecular formula is C42H67N13O9. The van der Waals surface area contributed by atoms with Gasteiger partial charge in [0.05, 0.1) is 24.8 Å². The zero-order valence-electron chi connectivity index (χ0n) is 37.4. The molecule has 7 amide bonds. The predicted octanol–water partition coefficient (Wildman–Crippen LogP) is -1.99. The Morgan fingerprint density at radius 1 is 0.703 bits per heavy atom. The number of aromatic nitrogens is 2. The lowest BCUT2D eigenvalue weighted by Crippen LogP contribution is -2.60. The molecule has 1 aromatic heterocycles. The number of aromatic hydroxyl groups is 1.